The van der Waals surface area contributed by atoms with Gasteiger partial charge in [-0.1, -0.05) is 23.7 Å². The van der Waals surface area contributed by atoms with Crippen LogP contribution in [0.3, 0.4) is 0 Å². The topological polar surface area (TPSA) is 70.6 Å². The lowest BCUT2D eigenvalue weighted by molar-refractivity contribution is -0.129. The molecule has 1 aliphatic heterocycles. The first-order valence-corrected chi connectivity index (χ1v) is 13.7. The Morgan fingerprint density at radius 1 is 1.06 bits per heavy atom. The zero-order valence-corrected chi connectivity index (χ0v) is 20.9. The number of anilines is 1. The summed E-state index contributed by atoms with van der Waals surface area (Å²) in [6.45, 7) is 4.58. The molecular formula is C26H30ClN3O3S. The number of sulfone groups is 1. The van der Waals surface area contributed by atoms with Crippen molar-refractivity contribution in [1.29, 1.82) is 0 Å². The van der Waals surface area contributed by atoms with Crippen molar-refractivity contribution in [1.82, 2.24) is 9.88 Å². The molecule has 180 valence electrons. The number of benzene rings is 2. The van der Waals surface area contributed by atoms with Gasteiger partial charge in [0.25, 0.3) is 0 Å². The first kappa shape index (κ1) is 24.5. The highest BCUT2D eigenvalue weighted by molar-refractivity contribution is 7.91. The second-order valence-corrected chi connectivity index (χ2v) is 11.5. The molecule has 8 heteroatoms. The van der Waals surface area contributed by atoms with E-state index in [0.717, 1.165) is 36.7 Å². The van der Waals surface area contributed by atoms with E-state index in [1.54, 1.807) is 43.6 Å². The molecule has 0 N–H and O–H groups in total. The maximum absolute atomic E-state index is 12.9. The Hall–Kier alpha value is -2.64. The molecule has 34 heavy (non-hydrogen) atoms. The second kappa shape index (κ2) is 10.7. The third kappa shape index (κ3) is 6.07. The lowest BCUT2D eigenvalue weighted by Gasteiger charge is -2.36. The molecule has 0 bridgehead atoms. The number of carbonyl (C=O) groups is 1. The Kier molecular flexibility index (Phi) is 7.73. The number of hydrogen-bond donors (Lipinski definition) is 0. The van der Waals surface area contributed by atoms with Crippen LogP contribution in [0.15, 0.2) is 65.8 Å². The standard InChI is InChI=1S/C26H30ClN3O3S/c1-20(31)30(19-21-9-14-29(15-10-21)25-7-11-28-12-8-25)13-2-16-34(32,33)26-6-4-22-17-24(27)5-3-23(22)18-26/h3-8,11-12,17-18,21H,2,9-10,13-16,19H2,1H3. The molecule has 4 rings (SSSR count). The lowest BCUT2D eigenvalue weighted by atomic mass is 9.95. The largest absolute Gasteiger partial charge is 0.371 e. The van der Waals surface area contributed by atoms with Crippen molar-refractivity contribution >= 4 is 43.8 Å². The Balaban J connectivity index is 1.30. The first-order valence-electron chi connectivity index (χ1n) is 11.6. The van der Waals surface area contributed by atoms with Crippen LogP contribution >= 0.6 is 11.6 Å². The summed E-state index contributed by atoms with van der Waals surface area (Å²) in [6, 6.07) is 14.6. The van der Waals surface area contributed by atoms with Gasteiger partial charge >= 0.3 is 0 Å². The van der Waals surface area contributed by atoms with Crippen LogP contribution in [-0.2, 0) is 14.6 Å². The van der Waals surface area contributed by atoms with E-state index >= 15 is 0 Å². The molecule has 6 nitrogen and oxygen atoms in total. The van der Waals surface area contributed by atoms with Gasteiger partial charge in [-0.3, -0.25) is 9.78 Å². The van der Waals surface area contributed by atoms with Gasteiger partial charge in [0.1, 0.15) is 0 Å². The van der Waals surface area contributed by atoms with E-state index in [4.69, 9.17) is 11.6 Å². The lowest BCUT2D eigenvalue weighted by Crippen LogP contribution is -2.41. The molecule has 1 aromatic heterocycles. The molecule has 1 aliphatic rings. The molecule has 3 aromatic rings. The smallest absolute Gasteiger partial charge is 0.219 e. The number of nitrogens with zero attached hydrogens (tertiary/aromatic N) is 3. The van der Waals surface area contributed by atoms with Crippen LogP contribution < -0.4 is 4.90 Å². The van der Waals surface area contributed by atoms with Crippen LogP contribution in [0.4, 0.5) is 5.69 Å². The molecule has 1 fully saturated rings. The van der Waals surface area contributed by atoms with E-state index in [1.807, 2.05) is 29.2 Å². The quantitative estimate of drug-likeness (QED) is 0.444. The molecule has 0 aliphatic carbocycles. The van der Waals surface area contributed by atoms with Crippen molar-refractivity contribution in [2.24, 2.45) is 5.92 Å². The van der Waals surface area contributed by atoms with Crippen LogP contribution in [0.25, 0.3) is 10.8 Å². The minimum atomic E-state index is -3.44. The summed E-state index contributed by atoms with van der Waals surface area (Å²) < 4.78 is 25.8. The highest BCUT2D eigenvalue weighted by Gasteiger charge is 2.23. The van der Waals surface area contributed by atoms with Gasteiger partial charge in [-0.15, -0.1) is 0 Å². The van der Waals surface area contributed by atoms with Gasteiger partial charge in [0.2, 0.25) is 5.91 Å². The van der Waals surface area contributed by atoms with E-state index < -0.39 is 9.84 Å². The monoisotopic (exact) mass is 499 g/mol. The summed E-state index contributed by atoms with van der Waals surface area (Å²) in [5.74, 6) is 0.429. The predicted molar refractivity (Wildman–Crippen MR) is 137 cm³/mol. The maximum atomic E-state index is 12.9. The van der Waals surface area contributed by atoms with Crippen molar-refractivity contribution in [3.63, 3.8) is 0 Å². The third-order valence-corrected chi connectivity index (χ3v) is 8.57. The molecule has 1 amide bonds. The van der Waals surface area contributed by atoms with E-state index in [1.165, 1.54) is 5.69 Å². The SMILES string of the molecule is CC(=O)N(CCCS(=O)(=O)c1ccc2cc(Cl)ccc2c1)CC1CCN(c2ccncc2)CC1. The molecule has 2 heterocycles. The Labute approximate surface area is 206 Å². The van der Waals surface area contributed by atoms with Crippen LogP contribution in [0.5, 0.6) is 0 Å². The number of fused-ring (bicyclic) bond motifs is 1. The molecule has 0 atom stereocenters. The number of amides is 1. The number of halogens is 1. The minimum absolute atomic E-state index is 0.00320. The first-order chi connectivity index (χ1) is 16.3. The van der Waals surface area contributed by atoms with Crippen molar-refractivity contribution in [2.75, 3.05) is 36.8 Å². The zero-order chi connectivity index (χ0) is 24.1. The van der Waals surface area contributed by atoms with Crippen molar-refractivity contribution in [2.45, 2.75) is 31.1 Å². The molecule has 1 saturated heterocycles. The fourth-order valence-electron chi connectivity index (χ4n) is 4.57. The molecule has 0 unspecified atom stereocenters. The van der Waals surface area contributed by atoms with Crippen LogP contribution in [0.1, 0.15) is 26.2 Å². The number of pyridine rings is 1. The molecular weight excluding hydrogens is 470 g/mol. The summed E-state index contributed by atoms with van der Waals surface area (Å²) in [5, 5.41) is 2.37. The molecule has 0 radical (unpaired) electrons. The summed E-state index contributed by atoms with van der Waals surface area (Å²) in [5.41, 5.74) is 1.18. The summed E-state index contributed by atoms with van der Waals surface area (Å²) in [6.07, 6.45) is 6.04. The zero-order valence-electron chi connectivity index (χ0n) is 19.4. The van der Waals surface area contributed by atoms with Gasteiger partial charge in [0, 0.05) is 56.2 Å². The fourth-order valence-corrected chi connectivity index (χ4v) is 6.08. The van der Waals surface area contributed by atoms with Gasteiger partial charge in [-0.2, -0.15) is 0 Å². The average molecular weight is 500 g/mol. The summed E-state index contributed by atoms with van der Waals surface area (Å²) >= 11 is 6.02. The number of hydrogen-bond acceptors (Lipinski definition) is 5. The molecule has 2 aromatic carbocycles. The molecule has 0 saturated carbocycles. The third-order valence-electron chi connectivity index (χ3n) is 6.54. The summed E-state index contributed by atoms with van der Waals surface area (Å²) in [7, 11) is -3.44. The highest BCUT2D eigenvalue weighted by Crippen LogP contribution is 2.25. The Bertz CT molecular complexity index is 1240. The van der Waals surface area contributed by atoms with Crippen molar-refractivity contribution in [3.05, 3.63) is 65.9 Å². The van der Waals surface area contributed by atoms with E-state index in [9.17, 15) is 13.2 Å². The van der Waals surface area contributed by atoms with Crippen LogP contribution in [0, 0.1) is 5.92 Å². The van der Waals surface area contributed by atoms with Crippen LogP contribution in [-0.4, -0.2) is 56.1 Å². The van der Waals surface area contributed by atoms with Crippen LogP contribution in [0.2, 0.25) is 5.02 Å². The second-order valence-electron chi connectivity index (χ2n) is 8.93. The van der Waals surface area contributed by atoms with Crippen molar-refractivity contribution in [3.8, 4) is 0 Å². The van der Waals surface area contributed by atoms with Crippen molar-refractivity contribution < 1.29 is 13.2 Å². The Morgan fingerprint density at radius 2 is 1.74 bits per heavy atom. The maximum Gasteiger partial charge on any atom is 0.219 e. The fraction of sp³-hybridized carbons (Fsp3) is 0.385. The highest BCUT2D eigenvalue weighted by atomic mass is 35.5. The normalized spacial score (nSPS) is 14.9. The van der Waals surface area contributed by atoms with E-state index in [2.05, 4.69) is 9.88 Å². The van der Waals surface area contributed by atoms with Gasteiger partial charge in [0.15, 0.2) is 9.84 Å². The number of aromatic nitrogens is 1. The number of piperidine rings is 1. The van der Waals surface area contributed by atoms with Gasteiger partial charge in [-0.25, -0.2) is 8.42 Å². The predicted octanol–water partition coefficient (Wildman–Crippen LogP) is 4.82. The summed E-state index contributed by atoms with van der Waals surface area (Å²) in [4.78, 5) is 20.8. The van der Waals surface area contributed by atoms with Gasteiger partial charge < -0.3 is 9.80 Å². The van der Waals surface area contributed by atoms with E-state index in [-0.39, 0.29) is 11.7 Å². The average Bonchev–Trinajstić information content (AvgIpc) is 2.84. The van der Waals surface area contributed by atoms with E-state index in [0.29, 0.717) is 35.3 Å². The van der Waals surface area contributed by atoms with Gasteiger partial charge in [0.05, 0.1) is 10.6 Å². The Morgan fingerprint density at radius 3 is 2.44 bits per heavy atom. The van der Waals surface area contributed by atoms with Gasteiger partial charge in [-0.05, 0) is 72.4 Å². The minimum Gasteiger partial charge on any atom is -0.371 e. The molecule has 0 spiro atoms. The number of rotatable bonds is 8. The number of carbonyl (C=O) groups excluding carboxylic acids is 1.